The fourth-order valence-corrected chi connectivity index (χ4v) is 5.87. The summed E-state index contributed by atoms with van der Waals surface area (Å²) >= 11 is 0. The van der Waals surface area contributed by atoms with Crippen LogP contribution in [0.25, 0.3) is 5.57 Å². The van der Waals surface area contributed by atoms with Crippen LogP contribution in [0.1, 0.15) is 78.4 Å². The molecule has 7 heteroatoms. The van der Waals surface area contributed by atoms with Gasteiger partial charge in [-0.15, -0.1) is 0 Å². The largest absolute Gasteiger partial charge is 0.393 e. The number of hydrogen-bond acceptors (Lipinski definition) is 5. The quantitative estimate of drug-likeness (QED) is 0.252. The van der Waals surface area contributed by atoms with E-state index in [9.17, 15) is 9.59 Å². The number of nitrogens with one attached hydrogen (secondary N) is 3. The van der Waals surface area contributed by atoms with Gasteiger partial charge in [0.15, 0.2) is 0 Å². The van der Waals surface area contributed by atoms with E-state index in [-0.39, 0.29) is 17.7 Å². The topological polar surface area (TPSA) is 88.5 Å². The molecule has 0 aliphatic carbocycles. The first-order valence-electron chi connectivity index (χ1n) is 14.8. The Morgan fingerprint density at radius 3 is 2.40 bits per heavy atom. The summed E-state index contributed by atoms with van der Waals surface area (Å²) in [6.45, 7) is 8.49. The van der Waals surface area contributed by atoms with Crippen LogP contribution in [-0.2, 0) is 4.79 Å². The van der Waals surface area contributed by atoms with Gasteiger partial charge in [-0.25, -0.2) is 0 Å². The maximum Gasteiger partial charge on any atom is 0.253 e. The Hall–Kier alpha value is -3.45. The van der Waals surface area contributed by atoms with E-state index in [1.54, 1.807) is 0 Å². The van der Waals surface area contributed by atoms with Crippen molar-refractivity contribution < 1.29 is 9.59 Å². The predicted molar refractivity (Wildman–Crippen MR) is 164 cm³/mol. The third-order valence-electron chi connectivity index (χ3n) is 8.42. The minimum atomic E-state index is 0.00417. The number of aryl methyl sites for hydroxylation is 1. The molecule has 40 heavy (non-hydrogen) atoms. The van der Waals surface area contributed by atoms with Crippen LogP contribution in [0, 0.1) is 18.3 Å². The number of benzene rings is 2. The number of allylic oxidation sites excluding steroid dienone is 1. The molecule has 0 spiro atoms. The zero-order valence-electron chi connectivity index (χ0n) is 24.3. The van der Waals surface area contributed by atoms with Gasteiger partial charge in [-0.3, -0.25) is 9.59 Å². The van der Waals surface area contributed by atoms with E-state index in [1.165, 1.54) is 31.0 Å². The van der Waals surface area contributed by atoms with Crippen molar-refractivity contribution in [1.29, 1.82) is 5.41 Å². The van der Waals surface area contributed by atoms with Crippen LogP contribution in [0.5, 0.6) is 0 Å². The minimum absolute atomic E-state index is 0.00417. The molecule has 2 aromatic rings. The van der Waals surface area contributed by atoms with Crippen molar-refractivity contribution in [1.82, 2.24) is 15.1 Å². The van der Waals surface area contributed by atoms with Gasteiger partial charge in [0.05, 0.1) is 5.92 Å². The van der Waals surface area contributed by atoms with Crippen molar-refractivity contribution >= 4 is 29.3 Å². The van der Waals surface area contributed by atoms with Crippen molar-refractivity contribution in [3.05, 3.63) is 70.9 Å². The van der Waals surface area contributed by atoms with Crippen LogP contribution >= 0.6 is 0 Å². The number of nitrogens with zero attached hydrogens (tertiary/aromatic N) is 2. The van der Waals surface area contributed by atoms with Crippen LogP contribution in [0.4, 0.5) is 5.69 Å². The van der Waals surface area contributed by atoms with Crippen molar-refractivity contribution in [2.45, 2.75) is 58.3 Å². The molecule has 2 fully saturated rings. The highest BCUT2D eigenvalue weighted by atomic mass is 16.2. The lowest BCUT2D eigenvalue weighted by atomic mass is 9.88. The van der Waals surface area contributed by atoms with Crippen LogP contribution < -0.4 is 10.6 Å². The third-order valence-corrected chi connectivity index (χ3v) is 8.42. The lowest BCUT2D eigenvalue weighted by molar-refractivity contribution is -0.119. The molecule has 2 aliphatic heterocycles. The van der Waals surface area contributed by atoms with Gasteiger partial charge in [0.1, 0.15) is 0 Å². The fraction of sp³-hybridized carbons (Fsp3) is 0.485. The van der Waals surface area contributed by atoms with Crippen LogP contribution in [0.15, 0.2) is 48.7 Å². The zero-order chi connectivity index (χ0) is 28.5. The van der Waals surface area contributed by atoms with E-state index in [0.29, 0.717) is 24.6 Å². The number of anilines is 1. The molecule has 2 aliphatic rings. The Bertz CT molecular complexity index is 1200. The summed E-state index contributed by atoms with van der Waals surface area (Å²) in [5, 5.41) is 13.7. The van der Waals surface area contributed by atoms with Gasteiger partial charge in [0.25, 0.3) is 5.91 Å². The number of rotatable bonds is 11. The van der Waals surface area contributed by atoms with Gasteiger partial charge in [0, 0.05) is 55.9 Å². The van der Waals surface area contributed by atoms with Crippen molar-refractivity contribution in [3.8, 4) is 0 Å². The third kappa shape index (κ3) is 7.39. The first-order chi connectivity index (χ1) is 19.4. The summed E-state index contributed by atoms with van der Waals surface area (Å²) in [6.07, 6.45) is 9.55. The van der Waals surface area contributed by atoms with Gasteiger partial charge in [-0.05, 0) is 80.4 Å². The first-order valence-corrected chi connectivity index (χ1v) is 14.8. The van der Waals surface area contributed by atoms with Gasteiger partial charge in [-0.2, -0.15) is 0 Å². The summed E-state index contributed by atoms with van der Waals surface area (Å²) in [5.74, 6) is 0.506. The lowest BCUT2D eigenvalue weighted by Crippen LogP contribution is -2.38. The monoisotopic (exact) mass is 543 g/mol. The van der Waals surface area contributed by atoms with E-state index in [1.807, 2.05) is 43.3 Å². The number of hydrogen-bond donors (Lipinski definition) is 3. The maximum absolute atomic E-state index is 13.4. The van der Waals surface area contributed by atoms with E-state index in [0.717, 1.165) is 61.3 Å². The van der Waals surface area contributed by atoms with Crippen LogP contribution in [0.2, 0.25) is 0 Å². The molecule has 2 amide bonds. The Labute approximate surface area is 239 Å². The van der Waals surface area contributed by atoms with E-state index in [2.05, 4.69) is 46.7 Å². The molecule has 4 rings (SSSR count). The van der Waals surface area contributed by atoms with E-state index < -0.39 is 0 Å². The molecular weight excluding hydrogens is 498 g/mol. The van der Waals surface area contributed by atoms with Gasteiger partial charge in [0.2, 0.25) is 5.91 Å². The van der Waals surface area contributed by atoms with Gasteiger partial charge >= 0.3 is 0 Å². The van der Waals surface area contributed by atoms with E-state index in [4.69, 9.17) is 5.41 Å². The molecule has 1 unspecified atom stereocenters. The smallest absolute Gasteiger partial charge is 0.253 e. The molecule has 0 bridgehead atoms. The number of carbonyl (C=O) groups excluding carboxylic acids is 2. The highest BCUT2D eigenvalue weighted by Crippen LogP contribution is 2.30. The first kappa shape index (κ1) is 29.5. The number of likely N-dealkylation sites (tertiary alicyclic amines) is 2. The Morgan fingerprint density at radius 2 is 1.73 bits per heavy atom. The molecule has 2 saturated heterocycles. The SMILES string of the molecule is CCCCCN1CCC(C(=O)Nc2cc(C(=O)N3CCC(c4ccc(/C(C=N)=C/NC)cc4)CC3)ccc2C)C1. The molecule has 7 nitrogen and oxygen atoms in total. The number of amides is 2. The second kappa shape index (κ2) is 14.3. The molecule has 0 aromatic heterocycles. The lowest BCUT2D eigenvalue weighted by Gasteiger charge is -2.32. The van der Waals surface area contributed by atoms with Crippen molar-refractivity contribution in [2.75, 3.05) is 45.1 Å². The minimum Gasteiger partial charge on any atom is -0.393 e. The Kier molecular flexibility index (Phi) is 10.5. The molecule has 3 N–H and O–H groups in total. The summed E-state index contributed by atoms with van der Waals surface area (Å²) in [7, 11) is 1.83. The summed E-state index contributed by atoms with van der Waals surface area (Å²) < 4.78 is 0. The molecular formula is C33H45N5O2. The molecule has 214 valence electrons. The predicted octanol–water partition coefficient (Wildman–Crippen LogP) is 5.68. The normalized spacial score (nSPS) is 18.5. The molecule has 0 saturated carbocycles. The second-order valence-corrected chi connectivity index (χ2v) is 11.2. The highest BCUT2D eigenvalue weighted by molar-refractivity contribution is 6.08. The summed E-state index contributed by atoms with van der Waals surface area (Å²) in [5.41, 5.74) is 5.48. The van der Waals surface area contributed by atoms with Crippen LogP contribution in [-0.4, -0.2) is 67.6 Å². The van der Waals surface area contributed by atoms with Crippen molar-refractivity contribution in [2.24, 2.45) is 5.92 Å². The number of piperidine rings is 1. The second-order valence-electron chi connectivity index (χ2n) is 11.2. The van der Waals surface area contributed by atoms with Gasteiger partial charge in [-0.1, -0.05) is 50.1 Å². The molecule has 0 radical (unpaired) electrons. The summed E-state index contributed by atoms with van der Waals surface area (Å²) in [4.78, 5) is 30.8. The molecule has 1 atom stereocenters. The Balaban J connectivity index is 1.32. The van der Waals surface area contributed by atoms with Gasteiger partial charge < -0.3 is 25.8 Å². The standard InChI is InChI=1S/C33H45N5O2/c1-4-5-6-16-37-17-13-29(23-37)32(39)36-31-20-28(8-7-24(31)2)33(40)38-18-14-27(15-19-38)25-9-11-26(12-10-25)30(21-34)22-35-3/h7-12,20-22,27,29,34-35H,4-6,13-19,23H2,1-3H3,(H,36,39)/b30-22+,34-21?. The Morgan fingerprint density at radius 1 is 1.00 bits per heavy atom. The van der Waals surface area contributed by atoms with Crippen LogP contribution in [0.3, 0.4) is 0 Å². The molecule has 2 aromatic carbocycles. The fourth-order valence-electron chi connectivity index (χ4n) is 5.87. The summed E-state index contributed by atoms with van der Waals surface area (Å²) in [6, 6.07) is 14.1. The van der Waals surface area contributed by atoms with Crippen molar-refractivity contribution in [3.63, 3.8) is 0 Å². The number of unbranched alkanes of at least 4 members (excludes halogenated alkanes) is 2. The van der Waals surface area contributed by atoms with E-state index >= 15 is 0 Å². The molecule has 2 heterocycles. The zero-order valence-corrected chi connectivity index (χ0v) is 24.3. The average Bonchev–Trinajstić information content (AvgIpc) is 3.46. The average molecular weight is 544 g/mol. The maximum atomic E-state index is 13.4. The highest BCUT2D eigenvalue weighted by Gasteiger charge is 2.29. The number of carbonyl (C=O) groups is 2.